The van der Waals surface area contributed by atoms with Gasteiger partial charge in [0.2, 0.25) is 0 Å². The third-order valence-corrected chi connectivity index (χ3v) is 3.52. The van der Waals surface area contributed by atoms with Gasteiger partial charge >= 0.3 is 6.03 Å². The lowest BCUT2D eigenvalue weighted by molar-refractivity contribution is 0.122. The van der Waals surface area contributed by atoms with Gasteiger partial charge in [-0.3, -0.25) is 0 Å². The Morgan fingerprint density at radius 3 is 2.65 bits per heavy atom. The SMILES string of the molecule is CCN(CC)C(=O)Nc1cccc(N2CCOCC2)c1. The molecule has 1 N–H and O–H groups in total. The Morgan fingerprint density at radius 2 is 2.00 bits per heavy atom. The number of nitrogens with zero attached hydrogens (tertiary/aromatic N) is 2. The highest BCUT2D eigenvalue weighted by atomic mass is 16.5. The number of benzene rings is 1. The number of nitrogens with one attached hydrogen (secondary N) is 1. The van der Waals surface area contributed by atoms with Crippen molar-refractivity contribution in [3.8, 4) is 0 Å². The summed E-state index contributed by atoms with van der Waals surface area (Å²) in [6, 6.07) is 7.94. The third kappa shape index (κ3) is 3.63. The van der Waals surface area contributed by atoms with Gasteiger partial charge < -0.3 is 19.9 Å². The second-order valence-electron chi connectivity index (χ2n) is 4.75. The van der Waals surface area contributed by atoms with Gasteiger partial charge in [-0.1, -0.05) is 6.07 Å². The van der Waals surface area contributed by atoms with Crippen molar-refractivity contribution in [2.75, 3.05) is 49.6 Å². The molecule has 1 aromatic rings. The van der Waals surface area contributed by atoms with E-state index in [0.717, 1.165) is 37.7 Å². The zero-order valence-corrected chi connectivity index (χ0v) is 12.3. The highest BCUT2D eigenvalue weighted by Gasteiger charge is 2.13. The van der Waals surface area contributed by atoms with Crippen molar-refractivity contribution in [2.24, 2.45) is 0 Å². The number of hydrogen-bond acceptors (Lipinski definition) is 3. The highest BCUT2D eigenvalue weighted by Crippen LogP contribution is 2.20. The molecule has 2 rings (SSSR count). The Labute approximate surface area is 120 Å². The Morgan fingerprint density at radius 1 is 1.30 bits per heavy atom. The molecule has 0 unspecified atom stereocenters. The molecule has 0 aliphatic carbocycles. The molecule has 0 radical (unpaired) electrons. The summed E-state index contributed by atoms with van der Waals surface area (Å²) in [5.74, 6) is 0. The van der Waals surface area contributed by atoms with E-state index in [1.54, 1.807) is 4.90 Å². The van der Waals surface area contributed by atoms with Gasteiger partial charge in [0, 0.05) is 37.6 Å². The molecule has 1 heterocycles. The molecule has 0 saturated carbocycles. The van der Waals surface area contributed by atoms with Crippen molar-refractivity contribution >= 4 is 17.4 Å². The first kappa shape index (κ1) is 14.7. The van der Waals surface area contributed by atoms with E-state index in [2.05, 4.69) is 16.3 Å². The summed E-state index contributed by atoms with van der Waals surface area (Å²) in [4.78, 5) is 16.1. The molecule has 0 aromatic heterocycles. The Balaban J connectivity index is 2.03. The van der Waals surface area contributed by atoms with Gasteiger partial charge in [0.1, 0.15) is 0 Å². The largest absolute Gasteiger partial charge is 0.378 e. The molecule has 20 heavy (non-hydrogen) atoms. The topological polar surface area (TPSA) is 44.8 Å². The summed E-state index contributed by atoms with van der Waals surface area (Å²) in [5, 5.41) is 2.95. The molecular weight excluding hydrogens is 254 g/mol. The lowest BCUT2D eigenvalue weighted by atomic mass is 10.2. The van der Waals surface area contributed by atoms with Crippen LogP contribution in [0.15, 0.2) is 24.3 Å². The van der Waals surface area contributed by atoms with E-state index in [1.807, 2.05) is 32.0 Å². The zero-order valence-electron chi connectivity index (χ0n) is 12.3. The second kappa shape index (κ2) is 7.14. The van der Waals surface area contributed by atoms with Crippen molar-refractivity contribution in [3.63, 3.8) is 0 Å². The summed E-state index contributed by atoms with van der Waals surface area (Å²) in [6.45, 7) is 8.70. The first-order chi connectivity index (χ1) is 9.74. The lowest BCUT2D eigenvalue weighted by Gasteiger charge is -2.29. The summed E-state index contributed by atoms with van der Waals surface area (Å²) in [7, 11) is 0. The second-order valence-corrected chi connectivity index (χ2v) is 4.75. The lowest BCUT2D eigenvalue weighted by Crippen LogP contribution is -2.36. The number of rotatable bonds is 4. The Bertz CT molecular complexity index is 440. The van der Waals surface area contributed by atoms with Gasteiger partial charge in [-0.15, -0.1) is 0 Å². The average molecular weight is 277 g/mol. The molecule has 0 spiro atoms. The van der Waals surface area contributed by atoms with E-state index in [1.165, 1.54) is 0 Å². The molecule has 110 valence electrons. The van der Waals surface area contributed by atoms with Crippen molar-refractivity contribution in [2.45, 2.75) is 13.8 Å². The summed E-state index contributed by atoms with van der Waals surface area (Å²) in [5.41, 5.74) is 1.97. The van der Waals surface area contributed by atoms with Gasteiger partial charge in [-0.05, 0) is 32.0 Å². The first-order valence-electron chi connectivity index (χ1n) is 7.23. The molecular formula is C15H23N3O2. The molecule has 1 saturated heterocycles. The van der Waals surface area contributed by atoms with Crippen LogP contribution in [0.25, 0.3) is 0 Å². The maximum absolute atomic E-state index is 12.0. The van der Waals surface area contributed by atoms with E-state index in [-0.39, 0.29) is 6.03 Å². The van der Waals surface area contributed by atoms with E-state index in [4.69, 9.17) is 4.74 Å². The standard InChI is InChI=1S/C15H23N3O2/c1-3-17(4-2)15(19)16-13-6-5-7-14(12-13)18-8-10-20-11-9-18/h5-7,12H,3-4,8-11H2,1-2H3,(H,16,19). The first-order valence-corrected chi connectivity index (χ1v) is 7.23. The van der Waals surface area contributed by atoms with Gasteiger partial charge in [0.25, 0.3) is 0 Å². The van der Waals surface area contributed by atoms with Gasteiger partial charge in [-0.2, -0.15) is 0 Å². The molecule has 1 fully saturated rings. The summed E-state index contributed by atoms with van der Waals surface area (Å²) in [6.07, 6.45) is 0. The number of urea groups is 1. The average Bonchev–Trinajstić information content (AvgIpc) is 2.49. The monoisotopic (exact) mass is 277 g/mol. The maximum Gasteiger partial charge on any atom is 0.321 e. The van der Waals surface area contributed by atoms with Crippen LogP contribution in [0.3, 0.4) is 0 Å². The van der Waals surface area contributed by atoms with Crippen LogP contribution in [0.5, 0.6) is 0 Å². The maximum atomic E-state index is 12.0. The molecule has 1 aliphatic heterocycles. The number of carbonyl (C=O) groups excluding carboxylic acids is 1. The Hall–Kier alpha value is -1.75. The molecule has 5 nitrogen and oxygen atoms in total. The highest BCUT2D eigenvalue weighted by molar-refractivity contribution is 5.89. The summed E-state index contributed by atoms with van der Waals surface area (Å²) >= 11 is 0. The van der Waals surface area contributed by atoms with Crippen molar-refractivity contribution in [1.82, 2.24) is 4.90 Å². The van der Waals surface area contributed by atoms with Crippen LogP contribution < -0.4 is 10.2 Å². The van der Waals surface area contributed by atoms with Crippen molar-refractivity contribution in [3.05, 3.63) is 24.3 Å². The van der Waals surface area contributed by atoms with E-state index >= 15 is 0 Å². The number of amides is 2. The normalized spacial score (nSPS) is 15.0. The molecule has 1 aromatic carbocycles. The summed E-state index contributed by atoms with van der Waals surface area (Å²) < 4.78 is 5.36. The van der Waals surface area contributed by atoms with E-state index in [9.17, 15) is 4.79 Å². The van der Waals surface area contributed by atoms with Crippen LogP contribution in [0.2, 0.25) is 0 Å². The van der Waals surface area contributed by atoms with E-state index < -0.39 is 0 Å². The van der Waals surface area contributed by atoms with Gasteiger partial charge in [0.15, 0.2) is 0 Å². The van der Waals surface area contributed by atoms with Crippen LogP contribution in [0.1, 0.15) is 13.8 Å². The smallest absolute Gasteiger partial charge is 0.321 e. The van der Waals surface area contributed by atoms with Crippen LogP contribution in [0, 0.1) is 0 Å². The van der Waals surface area contributed by atoms with Gasteiger partial charge in [-0.25, -0.2) is 4.79 Å². The van der Waals surface area contributed by atoms with E-state index in [0.29, 0.717) is 13.1 Å². The minimum Gasteiger partial charge on any atom is -0.378 e. The zero-order chi connectivity index (χ0) is 14.4. The quantitative estimate of drug-likeness (QED) is 0.919. The minimum atomic E-state index is -0.0471. The number of anilines is 2. The van der Waals surface area contributed by atoms with Crippen LogP contribution in [-0.2, 0) is 4.74 Å². The fraction of sp³-hybridized carbons (Fsp3) is 0.533. The van der Waals surface area contributed by atoms with Crippen molar-refractivity contribution in [1.29, 1.82) is 0 Å². The molecule has 1 aliphatic rings. The predicted octanol–water partition coefficient (Wildman–Crippen LogP) is 2.40. The van der Waals surface area contributed by atoms with Crippen LogP contribution >= 0.6 is 0 Å². The van der Waals surface area contributed by atoms with Crippen molar-refractivity contribution < 1.29 is 9.53 Å². The minimum absolute atomic E-state index is 0.0471. The number of hydrogen-bond donors (Lipinski definition) is 1. The fourth-order valence-corrected chi connectivity index (χ4v) is 2.32. The van der Waals surface area contributed by atoms with Crippen LogP contribution in [-0.4, -0.2) is 50.3 Å². The fourth-order valence-electron chi connectivity index (χ4n) is 2.32. The number of ether oxygens (including phenoxy) is 1. The molecule has 5 heteroatoms. The molecule has 0 atom stereocenters. The van der Waals surface area contributed by atoms with Gasteiger partial charge in [0.05, 0.1) is 13.2 Å². The third-order valence-electron chi connectivity index (χ3n) is 3.52. The molecule has 2 amide bonds. The van der Waals surface area contributed by atoms with Crippen LogP contribution in [0.4, 0.5) is 16.2 Å². The predicted molar refractivity (Wildman–Crippen MR) is 81.4 cm³/mol. The number of morpholine rings is 1. The number of carbonyl (C=O) groups is 1. The Kier molecular flexibility index (Phi) is 5.24. The molecule has 0 bridgehead atoms.